The van der Waals surface area contributed by atoms with Gasteiger partial charge in [-0.25, -0.2) is 0 Å². The Bertz CT molecular complexity index is 136. The van der Waals surface area contributed by atoms with Gasteiger partial charge in [0.2, 0.25) is 5.91 Å². The fraction of sp³-hybridized carbons (Fsp3) is 0.857. The van der Waals surface area contributed by atoms with E-state index in [0.29, 0.717) is 5.25 Å². The van der Waals surface area contributed by atoms with Gasteiger partial charge < -0.3 is 5.32 Å². The van der Waals surface area contributed by atoms with Crippen molar-refractivity contribution in [3.63, 3.8) is 0 Å². The maximum Gasteiger partial charge on any atom is 0.234 e. The molecule has 2 nitrogen and oxygen atoms in total. The fourth-order valence-electron chi connectivity index (χ4n) is 1.08. The number of hydrogen-bond acceptors (Lipinski definition) is 2. The Morgan fingerprint density at radius 1 is 1.73 bits per heavy atom. The number of rotatable bonds is 3. The molecule has 1 N–H and O–H groups in total. The average Bonchev–Trinajstić information content (AvgIpc) is 2.52. The lowest BCUT2D eigenvalue weighted by Crippen LogP contribution is -2.30. The molecule has 1 heterocycles. The van der Waals surface area contributed by atoms with Crippen molar-refractivity contribution in [1.82, 2.24) is 5.32 Å². The highest BCUT2D eigenvalue weighted by molar-refractivity contribution is 8.00. The Hall–Kier alpha value is 0.110. The third kappa shape index (κ3) is 3.34. The molecular weight excluding hydrogens is 182 g/mol. The maximum absolute atomic E-state index is 10.7. The molecule has 1 aliphatic rings. The van der Waals surface area contributed by atoms with Crippen LogP contribution < -0.4 is 5.32 Å². The van der Waals surface area contributed by atoms with Crippen LogP contribution in [-0.2, 0) is 4.79 Å². The quantitative estimate of drug-likeness (QED) is 0.684. The van der Waals surface area contributed by atoms with Crippen LogP contribution in [0.5, 0.6) is 0 Å². The van der Waals surface area contributed by atoms with Gasteiger partial charge in [0.25, 0.3) is 0 Å². The van der Waals surface area contributed by atoms with Gasteiger partial charge >= 0.3 is 0 Å². The van der Waals surface area contributed by atoms with Gasteiger partial charge in [-0.2, -0.15) is 11.8 Å². The van der Waals surface area contributed by atoms with Crippen LogP contribution in [0.3, 0.4) is 0 Å². The average molecular weight is 194 g/mol. The van der Waals surface area contributed by atoms with Crippen molar-refractivity contribution in [2.24, 2.45) is 0 Å². The van der Waals surface area contributed by atoms with E-state index in [1.165, 1.54) is 18.6 Å². The van der Waals surface area contributed by atoms with Crippen LogP contribution in [0.15, 0.2) is 0 Å². The van der Waals surface area contributed by atoms with Crippen molar-refractivity contribution < 1.29 is 4.79 Å². The molecule has 11 heavy (non-hydrogen) atoms. The minimum Gasteiger partial charge on any atom is -0.354 e. The van der Waals surface area contributed by atoms with Crippen LogP contribution in [0.25, 0.3) is 0 Å². The van der Waals surface area contributed by atoms with Gasteiger partial charge in [0.15, 0.2) is 0 Å². The summed E-state index contributed by atoms with van der Waals surface area (Å²) in [6.07, 6.45) is 2.51. The Labute approximate surface area is 76.1 Å². The second-order valence-electron chi connectivity index (χ2n) is 2.57. The van der Waals surface area contributed by atoms with Gasteiger partial charge in [-0.05, 0) is 18.6 Å². The van der Waals surface area contributed by atoms with Crippen LogP contribution in [0.1, 0.15) is 12.8 Å². The van der Waals surface area contributed by atoms with E-state index in [1.807, 2.05) is 11.8 Å². The molecule has 1 saturated heterocycles. The summed E-state index contributed by atoms with van der Waals surface area (Å²) in [4.78, 5) is 10.7. The summed E-state index contributed by atoms with van der Waals surface area (Å²) in [6, 6.07) is 0. The van der Waals surface area contributed by atoms with Crippen LogP contribution in [-0.4, -0.2) is 29.3 Å². The SMILES string of the molecule is O=C(CCl)NCC1CCCS1. The minimum atomic E-state index is -0.0563. The zero-order valence-corrected chi connectivity index (χ0v) is 7.88. The van der Waals surface area contributed by atoms with Gasteiger partial charge in [0, 0.05) is 11.8 Å². The van der Waals surface area contributed by atoms with Gasteiger partial charge in [0.05, 0.1) is 0 Å². The van der Waals surface area contributed by atoms with E-state index in [1.54, 1.807) is 0 Å². The number of halogens is 1. The Kier molecular flexibility index (Phi) is 4.08. The first-order valence-electron chi connectivity index (χ1n) is 3.77. The third-order valence-electron chi connectivity index (χ3n) is 1.67. The largest absolute Gasteiger partial charge is 0.354 e. The summed E-state index contributed by atoms with van der Waals surface area (Å²) < 4.78 is 0. The highest BCUT2D eigenvalue weighted by Gasteiger charge is 2.15. The first kappa shape index (κ1) is 9.20. The molecule has 0 saturated carbocycles. The van der Waals surface area contributed by atoms with Crippen molar-refractivity contribution >= 4 is 29.3 Å². The number of hydrogen-bond donors (Lipinski definition) is 1. The van der Waals surface area contributed by atoms with E-state index in [4.69, 9.17) is 11.6 Å². The van der Waals surface area contributed by atoms with Crippen molar-refractivity contribution in [2.75, 3.05) is 18.2 Å². The third-order valence-corrected chi connectivity index (χ3v) is 3.31. The molecule has 0 spiro atoms. The minimum absolute atomic E-state index is 0.0563. The van der Waals surface area contributed by atoms with E-state index in [9.17, 15) is 4.79 Å². The number of carbonyl (C=O) groups is 1. The van der Waals surface area contributed by atoms with E-state index < -0.39 is 0 Å². The zero-order chi connectivity index (χ0) is 8.10. The van der Waals surface area contributed by atoms with Gasteiger partial charge in [0.1, 0.15) is 5.88 Å². The first-order chi connectivity index (χ1) is 5.33. The molecule has 1 unspecified atom stereocenters. The molecule has 0 bridgehead atoms. The molecule has 0 aromatic heterocycles. The molecule has 0 aromatic rings. The van der Waals surface area contributed by atoms with Crippen LogP contribution >= 0.6 is 23.4 Å². The normalized spacial score (nSPS) is 23.5. The van der Waals surface area contributed by atoms with Crippen LogP contribution in [0, 0.1) is 0 Å². The fourth-order valence-corrected chi connectivity index (χ4v) is 2.38. The summed E-state index contributed by atoms with van der Waals surface area (Å²) in [6.45, 7) is 0.788. The number of amides is 1. The first-order valence-corrected chi connectivity index (χ1v) is 5.35. The summed E-state index contributed by atoms with van der Waals surface area (Å²) in [5, 5.41) is 3.41. The van der Waals surface area contributed by atoms with E-state index >= 15 is 0 Å². The lowest BCUT2D eigenvalue weighted by Gasteiger charge is -2.08. The van der Waals surface area contributed by atoms with Crippen molar-refractivity contribution in [3.8, 4) is 0 Å². The highest BCUT2D eigenvalue weighted by atomic mass is 35.5. The monoisotopic (exact) mass is 193 g/mol. The predicted molar refractivity (Wildman–Crippen MR) is 49.2 cm³/mol. The van der Waals surface area contributed by atoms with E-state index in [-0.39, 0.29) is 11.8 Å². The standard InChI is InChI=1S/C7H12ClNOS/c8-4-7(10)9-5-6-2-1-3-11-6/h6H,1-5H2,(H,9,10). The summed E-state index contributed by atoms with van der Waals surface area (Å²) in [7, 11) is 0. The van der Waals surface area contributed by atoms with Crippen molar-refractivity contribution in [1.29, 1.82) is 0 Å². The number of alkyl halides is 1. The highest BCUT2D eigenvalue weighted by Crippen LogP contribution is 2.25. The molecule has 0 radical (unpaired) electrons. The molecule has 0 aromatic carbocycles. The molecule has 0 aliphatic carbocycles. The topological polar surface area (TPSA) is 29.1 Å². The van der Waals surface area contributed by atoms with E-state index in [2.05, 4.69) is 5.32 Å². The lowest BCUT2D eigenvalue weighted by atomic mass is 10.2. The van der Waals surface area contributed by atoms with Gasteiger partial charge in [-0.1, -0.05) is 0 Å². The second kappa shape index (κ2) is 4.88. The Morgan fingerprint density at radius 2 is 2.55 bits per heavy atom. The zero-order valence-electron chi connectivity index (χ0n) is 6.31. The Balaban J connectivity index is 2.06. The molecule has 1 aliphatic heterocycles. The maximum atomic E-state index is 10.7. The summed E-state index contributed by atoms with van der Waals surface area (Å²) in [5.74, 6) is 1.26. The number of nitrogens with one attached hydrogen (secondary N) is 1. The van der Waals surface area contributed by atoms with Crippen molar-refractivity contribution in [2.45, 2.75) is 18.1 Å². The number of thioether (sulfide) groups is 1. The lowest BCUT2D eigenvalue weighted by molar-refractivity contribution is -0.118. The molecule has 1 fully saturated rings. The molecule has 4 heteroatoms. The molecule has 64 valence electrons. The smallest absolute Gasteiger partial charge is 0.234 e. The summed E-state index contributed by atoms with van der Waals surface area (Å²) >= 11 is 7.26. The molecule has 1 atom stereocenters. The molecule has 1 amide bonds. The Morgan fingerprint density at radius 3 is 3.09 bits per heavy atom. The van der Waals surface area contributed by atoms with Gasteiger partial charge in [-0.15, -0.1) is 11.6 Å². The predicted octanol–water partition coefficient (Wildman–Crippen LogP) is 1.24. The number of carbonyl (C=O) groups excluding carboxylic acids is 1. The van der Waals surface area contributed by atoms with Crippen LogP contribution in [0.2, 0.25) is 0 Å². The second-order valence-corrected chi connectivity index (χ2v) is 4.25. The van der Waals surface area contributed by atoms with Gasteiger partial charge in [-0.3, -0.25) is 4.79 Å². The summed E-state index contributed by atoms with van der Waals surface area (Å²) in [5.41, 5.74) is 0. The molecule has 1 rings (SSSR count). The van der Waals surface area contributed by atoms with Crippen LogP contribution in [0.4, 0.5) is 0 Å². The van der Waals surface area contributed by atoms with E-state index in [0.717, 1.165) is 6.54 Å². The molecular formula is C7H12ClNOS. The van der Waals surface area contributed by atoms with Crippen molar-refractivity contribution in [3.05, 3.63) is 0 Å².